The molecule has 1 rings (SSSR count). The molecule has 0 amide bonds. The maximum absolute atomic E-state index is 10.3. The van der Waals surface area contributed by atoms with Crippen LogP contribution in [0.25, 0.3) is 0 Å². The molecule has 0 unspecified atom stereocenters. The van der Waals surface area contributed by atoms with E-state index in [4.69, 9.17) is 10.3 Å². The van der Waals surface area contributed by atoms with Crippen LogP contribution in [0.4, 0.5) is 5.69 Å². The van der Waals surface area contributed by atoms with Gasteiger partial charge in [-0.3, -0.25) is 10.1 Å². The normalized spacial score (nSPS) is 9.92. The molecule has 0 spiro atoms. The lowest BCUT2D eigenvalue weighted by Gasteiger charge is -2.00. The third-order valence-electron chi connectivity index (χ3n) is 1.52. The van der Waals surface area contributed by atoms with Gasteiger partial charge in [-0.15, -0.1) is 0 Å². The fourth-order valence-corrected chi connectivity index (χ4v) is 0.925. The van der Waals surface area contributed by atoms with Crippen molar-refractivity contribution < 1.29 is 15.2 Å². The molecular formula is C7H8N2O4. The van der Waals surface area contributed by atoms with E-state index in [0.29, 0.717) is 5.56 Å². The maximum Gasteiger partial charge on any atom is 0.310 e. The van der Waals surface area contributed by atoms with Gasteiger partial charge in [-0.2, -0.15) is 0 Å². The Morgan fingerprint density at radius 2 is 2.23 bits per heavy atom. The second-order valence-corrected chi connectivity index (χ2v) is 2.42. The Morgan fingerprint density at radius 3 is 2.69 bits per heavy atom. The van der Waals surface area contributed by atoms with Gasteiger partial charge in [0.15, 0.2) is 5.75 Å². The molecule has 1 aromatic rings. The Kier molecular flexibility index (Phi) is 2.78. The summed E-state index contributed by atoms with van der Waals surface area (Å²) in [7, 11) is 0. The van der Waals surface area contributed by atoms with Gasteiger partial charge in [0.05, 0.1) is 4.92 Å². The number of hydrogen-bond acceptors (Lipinski definition) is 5. The minimum Gasteiger partial charge on any atom is -0.502 e. The molecule has 0 aliphatic heterocycles. The van der Waals surface area contributed by atoms with E-state index in [-0.39, 0.29) is 12.2 Å². The first-order valence-corrected chi connectivity index (χ1v) is 3.48. The SMILES string of the molecule is O=[N+]([O-])c1ccc(CNO)cc1O. The van der Waals surface area contributed by atoms with Crippen LogP contribution in [0, 0.1) is 10.1 Å². The first kappa shape index (κ1) is 9.43. The third kappa shape index (κ3) is 2.14. The summed E-state index contributed by atoms with van der Waals surface area (Å²) < 4.78 is 0. The van der Waals surface area contributed by atoms with E-state index in [0.717, 1.165) is 0 Å². The van der Waals surface area contributed by atoms with Crippen molar-refractivity contribution in [1.29, 1.82) is 0 Å². The van der Waals surface area contributed by atoms with Gasteiger partial charge in [-0.25, -0.2) is 5.48 Å². The molecule has 0 aliphatic rings. The van der Waals surface area contributed by atoms with Crippen LogP contribution in [0.5, 0.6) is 5.75 Å². The van der Waals surface area contributed by atoms with E-state index < -0.39 is 10.7 Å². The van der Waals surface area contributed by atoms with Gasteiger partial charge >= 0.3 is 5.69 Å². The van der Waals surface area contributed by atoms with Crippen LogP contribution in [-0.2, 0) is 6.54 Å². The molecule has 1 aromatic carbocycles. The molecule has 6 nitrogen and oxygen atoms in total. The number of hydrogen-bond donors (Lipinski definition) is 3. The second-order valence-electron chi connectivity index (χ2n) is 2.42. The predicted octanol–water partition coefficient (Wildman–Crippen LogP) is 0.779. The number of phenols is 1. The number of nitrogens with zero attached hydrogens (tertiary/aromatic N) is 1. The molecule has 0 saturated heterocycles. The molecular weight excluding hydrogens is 176 g/mol. The van der Waals surface area contributed by atoms with Crippen molar-refractivity contribution in [3.8, 4) is 5.75 Å². The van der Waals surface area contributed by atoms with Gasteiger partial charge < -0.3 is 10.3 Å². The van der Waals surface area contributed by atoms with Gasteiger partial charge in [-0.05, 0) is 11.6 Å². The highest BCUT2D eigenvalue weighted by molar-refractivity contribution is 5.47. The summed E-state index contributed by atoms with van der Waals surface area (Å²) in [4.78, 5) is 9.60. The zero-order valence-corrected chi connectivity index (χ0v) is 6.60. The van der Waals surface area contributed by atoms with Crippen molar-refractivity contribution in [3.05, 3.63) is 33.9 Å². The molecule has 3 N–H and O–H groups in total. The average molecular weight is 184 g/mol. The van der Waals surface area contributed by atoms with Gasteiger partial charge in [0.25, 0.3) is 0 Å². The van der Waals surface area contributed by atoms with Crippen molar-refractivity contribution in [3.63, 3.8) is 0 Å². The van der Waals surface area contributed by atoms with Crippen LogP contribution in [-0.4, -0.2) is 15.2 Å². The smallest absolute Gasteiger partial charge is 0.310 e. The molecule has 0 aliphatic carbocycles. The number of benzene rings is 1. The Bertz CT molecular complexity index is 326. The summed E-state index contributed by atoms with van der Waals surface area (Å²) in [6.07, 6.45) is 0. The summed E-state index contributed by atoms with van der Waals surface area (Å²) in [5.41, 5.74) is 2.09. The zero-order chi connectivity index (χ0) is 9.84. The summed E-state index contributed by atoms with van der Waals surface area (Å²) >= 11 is 0. The number of phenolic OH excluding ortho intramolecular Hbond substituents is 1. The highest BCUT2D eigenvalue weighted by Crippen LogP contribution is 2.25. The number of nitro groups is 1. The summed E-state index contributed by atoms with van der Waals surface area (Å²) in [6.45, 7) is 0.131. The molecule has 0 aromatic heterocycles. The van der Waals surface area contributed by atoms with Crippen LogP contribution in [0.3, 0.4) is 0 Å². The Morgan fingerprint density at radius 1 is 1.54 bits per heavy atom. The lowest BCUT2D eigenvalue weighted by Crippen LogP contribution is -2.05. The fraction of sp³-hybridized carbons (Fsp3) is 0.143. The molecule has 70 valence electrons. The van der Waals surface area contributed by atoms with Crippen LogP contribution in [0.2, 0.25) is 0 Å². The number of nitrogens with one attached hydrogen (secondary N) is 1. The lowest BCUT2D eigenvalue weighted by molar-refractivity contribution is -0.385. The van der Waals surface area contributed by atoms with Crippen molar-refractivity contribution >= 4 is 5.69 Å². The molecule has 0 radical (unpaired) electrons. The molecule has 0 heterocycles. The van der Waals surface area contributed by atoms with Crippen LogP contribution in [0.15, 0.2) is 18.2 Å². The quantitative estimate of drug-likeness (QED) is 0.476. The number of aromatic hydroxyl groups is 1. The van der Waals surface area contributed by atoms with Crippen molar-refractivity contribution in [2.75, 3.05) is 0 Å². The standard InChI is InChI=1S/C7H8N2O4/c10-7-3-5(4-8-11)1-2-6(7)9(12)13/h1-3,8,10-11H,4H2. The summed E-state index contributed by atoms with van der Waals surface area (Å²) in [5, 5.41) is 27.7. The Hall–Kier alpha value is -1.66. The topological polar surface area (TPSA) is 95.6 Å². The maximum atomic E-state index is 10.3. The fourth-order valence-electron chi connectivity index (χ4n) is 0.925. The van der Waals surface area contributed by atoms with E-state index in [2.05, 4.69) is 0 Å². The van der Waals surface area contributed by atoms with Crippen molar-refractivity contribution in [2.45, 2.75) is 6.54 Å². The average Bonchev–Trinajstić information content (AvgIpc) is 2.04. The number of rotatable bonds is 3. The molecule has 0 atom stereocenters. The zero-order valence-electron chi connectivity index (χ0n) is 6.60. The van der Waals surface area contributed by atoms with E-state index in [9.17, 15) is 10.1 Å². The van der Waals surface area contributed by atoms with E-state index in [1.165, 1.54) is 18.2 Å². The van der Waals surface area contributed by atoms with Gasteiger partial charge in [0.2, 0.25) is 0 Å². The van der Waals surface area contributed by atoms with E-state index >= 15 is 0 Å². The number of hydroxylamine groups is 1. The second kappa shape index (κ2) is 3.83. The predicted molar refractivity (Wildman–Crippen MR) is 43.4 cm³/mol. The van der Waals surface area contributed by atoms with Crippen molar-refractivity contribution in [2.24, 2.45) is 0 Å². The summed E-state index contributed by atoms with van der Waals surface area (Å²) in [5.74, 6) is -0.405. The lowest BCUT2D eigenvalue weighted by atomic mass is 10.2. The van der Waals surface area contributed by atoms with Crippen LogP contribution < -0.4 is 5.48 Å². The molecule has 0 bridgehead atoms. The largest absolute Gasteiger partial charge is 0.502 e. The van der Waals surface area contributed by atoms with Gasteiger partial charge in [0.1, 0.15) is 0 Å². The van der Waals surface area contributed by atoms with Crippen LogP contribution >= 0.6 is 0 Å². The molecule has 6 heteroatoms. The molecule has 13 heavy (non-hydrogen) atoms. The summed E-state index contributed by atoms with van der Waals surface area (Å²) in [6, 6.07) is 3.85. The van der Waals surface area contributed by atoms with Crippen LogP contribution in [0.1, 0.15) is 5.56 Å². The van der Waals surface area contributed by atoms with E-state index in [1.807, 2.05) is 5.48 Å². The molecule has 0 saturated carbocycles. The highest BCUT2D eigenvalue weighted by Gasteiger charge is 2.12. The Balaban J connectivity index is 2.98. The Labute approximate surface area is 73.5 Å². The van der Waals surface area contributed by atoms with E-state index in [1.54, 1.807) is 0 Å². The van der Waals surface area contributed by atoms with Gasteiger partial charge in [-0.1, -0.05) is 6.07 Å². The molecule has 0 fully saturated rings. The minimum atomic E-state index is -0.675. The third-order valence-corrected chi connectivity index (χ3v) is 1.52. The number of nitro benzene ring substituents is 1. The van der Waals surface area contributed by atoms with Gasteiger partial charge in [0, 0.05) is 12.6 Å². The first-order chi connectivity index (χ1) is 6.15. The monoisotopic (exact) mass is 184 g/mol. The minimum absolute atomic E-state index is 0.131. The highest BCUT2D eigenvalue weighted by atomic mass is 16.6. The first-order valence-electron chi connectivity index (χ1n) is 3.48. The van der Waals surface area contributed by atoms with Crippen molar-refractivity contribution in [1.82, 2.24) is 5.48 Å².